The van der Waals surface area contributed by atoms with Gasteiger partial charge in [0, 0.05) is 18.4 Å². The summed E-state index contributed by atoms with van der Waals surface area (Å²) in [5.41, 5.74) is 3.71. The van der Waals surface area contributed by atoms with Crippen LogP contribution < -0.4 is 5.73 Å². The topological polar surface area (TPSA) is 180 Å². The molecular weight excluding hydrogens is 489 g/mol. The Morgan fingerprint density at radius 2 is 2.06 bits per heavy atom. The Morgan fingerprint density at radius 1 is 1.31 bits per heavy atom. The number of hydrogen-bond acceptors (Lipinski definition) is 8. The third-order valence-electron chi connectivity index (χ3n) is 6.54. The Morgan fingerprint density at radius 3 is 2.69 bits per heavy atom. The number of cyclic esters (lactones) is 1. The van der Waals surface area contributed by atoms with E-state index in [-0.39, 0.29) is 37.3 Å². The van der Waals surface area contributed by atoms with Crippen molar-refractivity contribution in [2.75, 3.05) is 6.54 Å². The highest BCUT2D eigenvalue weighted by molar-refractivity contribution is 7.46. The standard InChI is InChI=1S/C25H40NO9P/c1-2-19-10-11-24(29)34-22(19)12-13-25(30,14-15-26)23(35-36(31,32)33)17-21(28)8-4-3-6-18-7-5-9-20(27)16-18/h3-4,6,8,10-13,18-23,27-28,30H,2,5,7,9,14-17,26H2,1H3,(H2,31,32,33). The van der Waals surface area contributed by atoms with Gasteiger partial charge < -0.3 is 35.6 Å². The van der Waals surface area contributed by atoms with Gasteiger partial charge >= 0.3 is 13.8 Å². The Hall–Kier alpha value is -1.62. The number of aliphatic hydroxyl groups is 3. The molecule has 0 bridgehead atoms. The van der Waals surface area contributed by atoms with E-state index in [9.17, 15) is 34.5 Å². The molecule has 0 spiro atoms. The molecule has 36 heavy (non-hydrogen) atoms. The number of carbonyl (C=O) groups excluding carboxylic acids is 1. The highest BCUT2D eigenvalue weighted by atomic mass is 31.2. The predicted octanol–water partition coefficient (Wildman–Crippen LogP) is 2.02. The molecule has 7 N–H and O–H groups in total. The second kappa shape index (κ2) is 14.4. The number of esters is 1. The Kier molecular flexibility index (Phi) is 12.2. The average molecular weight is 530 g/mol. The van der Waals surface area contributed by atoms with Crippen LogP contribution >= 0.6 is 7.82 Å². The molecule has 0 aromatic carbocycles. The Balaban J connectivity index is 2.16. The summed E-state index contributed by atoms with van der Waals surface area (Å²) >= 11 is 0. The lowest BCUT2D eigenvalue weighted by atomic mass is 9.86. The summed E-state index contributed by atoms with van der Waals surface area (Å²) in [6.45, 7) is 1.87. The monoisotopic (exact) mass is 529 g/mol. The van der Waals surface area contributed by atoms with Crippen LogP contribution in [0, 0.1) is 11.8 Å². The molecule has 0 saturated heterocycles. The van der Waals surface area contributed by atoms with E-state index in [2.05, 4.69) is 0 Å². The molecule has 7 atom stereocenters. The van der Waals surface area contributed by atoms with Crippen molar-refractivity contribution in [3.8, 4) is 0 Å². The number of rotatable bonds is 13. The van der Waals surface area contributed by atoms with Crippen LogP contribution in [0.15, 0.2) is 48.6 Å². The highest BCUT2D eigenvalue weighted by Crippen LogP contribution is 2.42. The highest BCUT2D eigenvalue weighted by Gasteiger charge is 2.40. The normalized spacial score (nSPS) is 29.0. The Labute approximate surface area is 212 Å². The van der Waals surface area contributed by atoms with Crippen molar-refractivity contribution in [2.24, 2.45) is 17.6 Å². The fraction of sp³-hybridized carbons (Fsp3) is 0.640. The van der Waals surface area contributed by atoms with Crippen LogP contribution in [0.2, 0.25) is 0 Å². The molecule has 0 aromatic rings. The molecule has 0 aromatic heterocycles. The molecule has 1 aliphatic heterocycles. The minimum atomic E-state index is -5.04. The van der Waals surface area contributed by atoms with Gasteiger partial charge in [-0.1, -0.05) is 49.8 Å². The van der Waals surface area contributed by atoms with E-state index < -0.39 is 37.7 Å². The van der Waals surface area contributed by atoms with Crippen LogP contribution in [0.25, 0.3) is 0 Å². The zero-order chi connectivity index (χ0) is 26.8. The molecule has 11 heteroatoms. The van der Waals surface area contributed by atoms with Crippen LogP contribution in [-0.4, -0.2) is 67.6 Å². The molecule has 7 unspecified atom stereocenters. The van der Waals surface area contributed by atoms with E-state index in [1.165, 1.54) is 24.3 Å². The number of aliphatic hydroxyl groups excluding tert-OH is 2. The van der Waals surface area contributed by atoms with E-state index in [4.69, 9.17) is 15.0 Å². The molecular formula is C25H40NO9P. The summed E-state index contributed by atoms with van der Waals surface area (Å²) in [4.78, 5) is 30.6. The second-order valence-electron chi connectivity index (χ2n) is 9.46. The third kappa shape index (κ3) is 10.4. The van der Waals surface area contributed by atoms with Crippen molar-refractivity contribution in [2.45, 2.75) is 81.9 Å². The summed E-state index contributed by atoms with van der Waals surface area (Å²) in [7, 11) is -5.04. The number of hydrogen-bond donors (Lipinski definition) is 6. The van der Waals surface area contributed by atoms with Crippen molar-refractivity contribution < 1.29 is 43.7 Å². The fourth-order valence-corrected chi connectivity index (χ4v) is 5.16. The molecule has 1 fully saturated rings. The fourth-order valence-electron chi connectivity index (χ4n) is 4.56. The maximum atomic E-state index is 11.7. The molecule has 204 valence electrons. The molecule has 2 rings (SSSR count). The lowest BCUT2D eigenvalue weighted by Crippen LogP contribution is -2.45. The Bertz CT molecular complexity index is 868. The van der Waals surface area contributed by atoms with Gasteiger partial charge in [0.05, 0.1) is 12.2 Å². The van der Waals surface area contributed by atoms with E-state index in [0.717, 1.165) is 19.3 Å². The summed E-state index contributed by atoms with van der Waals surface area (Å²) in [6.07, 6.45) is 12.5. The quantitative estimate of drug-likeness (QED) is 0.0894. The average Bonchev–Trinajstić information content (AvgIpc) is 2.79. The third-order valence-corrected chi connectivity index (χ3v) is 7.07. The van der Waals surface area contributed by atoms with Gasteiger partial charge in [0.1, 0.15) is 17.8 Å². The zero-order valence-electron chi connectivity index (χ0n) is 20.6. The maximum absolute atomic E-state index is 11.7. The smallest absolute Gasteiger partial charge is 0.454 e. The van der Waals surface area contributed by atoms with Gasteiger partial charge in [-0.05, 0) is 50.6 Å². The first kappa shape index (κ1) is 30.6. The minimum Gasteiger partial charge on any atom is -0.454 e. The molecule has 10 nitrogen and oxygen atoms in total. The predicted molar refractivity (Wildman–Crippen MR) is 134 cm³/mol. The lowest BCUT2D eigenvalue weighted by molar-refractivity contribution is -0.143. The maximum Gasteiger partial charge on any atom is 0.469 e. The number of carbonyl (C=O) groups is 1. The van der Waals surface area contributed by atoms with Gasteiger partial charge in [-0.25, -0.2) is 9.36 Å². The molecule has 0 radical (unpaired) electrons. The SMILES string of the molecule is CCC1C=CC(=O)OC1C=CC(O)(CCN)C(CC(O)C=CC=CC1CCCC(O)C1)OP(=O)(O)O. The van der Waals surface area contributed by atoms with Crippen LogP contribution in [0.5, 0.6) is 0 Å². The van der Waals surface area contributed by atoms with Crippen LogP contribution in [0.4, 0.5) is 0 Å². The molecule has 2 aliphatic rings. The number of nitrogens with two attached hydrogens (primary N) is 1. The van der Waals surface area contributed by atoms with E-state index in [1.54, 1.807) is 18.2 Å². The van der Waals surface area contributed by atoms with Gasteiger partial charge in [0.15, 0.2) is 0 Å². The number of allylic oxidation sites excluding steroid dienone is 3. The van der Waals surface area contributed by atoms with Crippen molar-refractivity contribution in [3.05, 3.63) is 48.6 Å². The first-order valence-corrected chi connectivity index (χ1v) is 13.9. The zero-order valence-corrected chi connectivity index (χ0v) is 21.5. The first-order valence-electron chi connectivity index (χ1n) is 12.4. The summed E-state index contributed by atoms with van der Waals surface area (Å²) in [5, 5.41) is 31.6. The first-order chi connectivity index (χ1) is 17.0. The number of ether oxygens (including phenoxy) is 1. The summed E-state index contributed by atoms with van der Waals surface area (Å²) in [5.74, 6) is -0.416. The van der Waals surface area contributed by atoms with Crippen molar-refractivity contribution in [3.63, 3.8) is 0 Å². The largest absolute Gasteiger partial charge is 0.469 e. The molecule has 1 saturated carbocycles. The van der Waals surface area contributed by atoms with Crippen molar-refractivity contribution >= 4 is 13.8 Å². The van der Waals surface area contributed by atoms with Crippen LogP contribution in [0.1, 0.15) is 51.9 Å². The van der Waals surface area contributed by atoms with E-state index >= 15 is 0 Å². The van der Waals surface area contributed by atoms with Gasteiger partial charge in [-0.15, -0.1) is 0 Å². The van der Waals surface area contributed by atoms with Crippen molar-refractivity contribution in [1.82, 2.24) is 0 Å². The van der Waals surface area contributed by atoms with E-state index in [0.29, 0.717) is 12.8 Å². The molecule has 1 aliphatic carbocycles. The van der Waals surface area contributed by atoms with E-state index in [1.807, 2.05) is 13.0 Å². The van der Waals surface area contributed by atoms with Crippen LogP contribution in [-0.2, 0) is 18.6 Å². The minimum absolute atomic E-state index is 0.0364. The number of phosphoric ester groups is 1. The van der Waals surface area contributed by atoms with Crippen molar-refractivity contribution in [1.29, 1.82) is 0 Å². The molecule has 1 heterocycles. The lowest BCUT2D eigenvalue weighted by Gasteiger charge is -2.35. The summed E-state index contributed by atoms with van der Waals surface area (Å²) in [6, 6.07) is 0. The number of phosphoric acid groups is 1. The van der Waals surface area contributed by atoms with Gasteiger partial charge in [0.25, 0.3) is 0 Å². The second-order valence-corrected chi connectivity index (χ2v) is 10.7. The van der Waals surface area contributed by atoms with Gasteiger partial charge in [-0.3, -0.25) is 4.52 Å². The van der Waals surface area contributed by atoms with Gasteiger partial charge in [0.2, 0.25) is 0 Å². The van der Waals surface area contributed by atoms with Crippen LogP contribution in [0.3, 0.4) is 0 Å². The van der Waals surface area contributed by atoms with Gasteiger partial charge in [-0.2, -0.15) is 0 Å². The molecule has 0 amide bonds. The summed E-state index contributed by atoms with van der Waals surface area (Å²) < 4.78 is 21.9.